The van der Waals surface area contributed by atoms with E-state index in [1.807, 2.05) is 12.1 Å². The molecule has 3 rings (SSSR count). The van der Waals surface area contributed by atoms with Crippen LogP contribution in [0.15, 0.2) is 54.7 Å². The average Bonchev–Trinajstić information content (AvgIpc) is 2.52. The van der Waals surface area contributed by atoms with Crippen LogP contribution in [0.25, 0.3) is 0 Å². The number of para-hydroxylation sites is 1. The number of nitrogens with zero attached hydrogens (tertiary/aromatic N) is 3. The predicted molar refractivity (Wildman–Crippen MR) is 84.2 cm³/mol. The van der Waals surface area contributed by atoms with Crippen molar-refractivity contribution in [1.82, 2.24) is 15.2 Å². The molecule has 0 aliphatic heterocycles. The molecule has 0 amide bonds. The van der Waals surface area contributed by atoms with E-state index < -0.39 is 0 Å². The van der Waals surface area contributed by atoms with E-state index in [0.717, 1.165) is 5.69 Å². The molecule has 0 spiro atoms. The first kappa shape index (κ1) is 14.2. The van der Waals surface area contributed by atoms with Crippen molar-refractivity contribution < 1.29 is 4.39 Å². The topological polar surface area (TPSA) is 62.7 Å². The zero-order valence-electron chi connectivity index (χ0n) is 11.3. The first-order valence-electron chi connectivity index (χ1n) is 6.44. The summed E-state index contributed by atoms with van der Waals surface area (Å²) in [5, 5.41) is 14.2. The molecule has 2 N–H and O–H groups in total. The number of anilines is 4. The summed E-state index contributed by atoms with van der Waals surface area (Å²) < 4.78 is 13.6. The quantitative estimate of drug-likeness (QED) is 0.757. The molecule has 1 heterocycles. The fourth-order valence-electron chi connectivity index (χ4n) is 1.78. The van der Waals surface area contributed by atoms with E-state index in [4.69, 9.17) is 11.6 Å². The minimum absolute atomic E-state index is 0.198. The van der Waals surface area contributed by atoms with E-state index in [2.05, 4.69) is 25.8 Å². The van der Waals surface area contributed by atoms with E-state index in [1.54, 1.807) is 30.3 Å². The van der Waals surface area contributed by atoms with E-state index >= 15 is 0 Å². The van der Waals surface area contributed by atoms with Gasteiger partial charge in [0.15, 0.2) is 5.82 Å². The summed E-state index contributed by atoms with van der Waals surface area (Å²) in [5.74, 6) is 0.294. The minimum atomic E-state index is -0.387. The molecule has 0 aliphatic carbocycles. The Kier molecular flexibility index (Phi) is 4.11. The second-order valence-corrected chi connectivity index (χ2v) is 4.84. The lowest BCUT2D eigenvalue weighted by Crippen LogP contribution is -2.03. The first-order valence-corrected chi connectivity index (χ1v) is 6.82. The van der Waals surface area contributed by atoms with Gasteiger partial charge in [0, 0.05) is 10.7 Å². The van der Waals surface area contributed by atoms with Crippen molar-refractivity contribution >= 4 is 34.7 Å². The minimum Gasteiger partial charge on any atom is -0.339 e. The molecule has 0 saturated carbocycles. The van der Waals surface area contributed by atoms with Gasteiger partial charge in [-0.05, 0) is 36.4 Å². The SMILES string of the molecule is Fc1ccccc1Nc1nncc(Nc2ccc(Cl)cc2)n1. The van der Waals surface area contributed by atoms with Crippen molar-refractivity contribution in [2.24, 2.45) is 0 Å². The molecule has 7 heteroatoms. The highest BCUT2D eigenvalue weighted by Gasteiger charge is 2.05. The Morgan fingerprint density at radius 1 is 0.955 bits per heavy atom. The van der Waals surface area contributed by atoms with Gasteiger partial charge in [-0.15, -0.1) is 5.10 Å². The molecule has 0 bridgehead atoms. The number of nitrogens with one attached hydrogen (secondary N) is 2. The normalized spacial score (nSPS) is 10.3. The molecule has 0 unspecified atom stereocenters. The first-order chi connectivity index (χ1) is 10.7. The molecule has 3 aromatic rings. The lowest BCUT2D eigenvalue weighted by molar-refractivity contribution is 0.631. The molecule has 0 radical (unpaired) electrons. The van der Waals surface area contributed by atoms with Crippen molar-refractivity contribution in [1.29, 1.82) is 0 Å². The number of halogens is 2. The van der Waals surface area contributed by atoms with Crippen molar-refractivity contribution in [2.75, 3.05) is 10.6 Å². The van der Waals surface area contributed by atoms with Gasteiger partial charge in [0.1, 0.15) is 5.82 Å². The van der Waals surface area contributed by atoms with Crippen LogP contribution in [0, 0.1) is 5.82 Å². The molecule has 22 heavy (non-hydrogen) atoms. The lowest BCUT2D eigenvalue weighted by atomic mass is 10.3. The van der Waals surface area contributed by atoms with Gasteiger partial charge in [-0.2, -0.15) is 10.1 Å². The Bertz CT molecular complexity index is 779. The highest BCUT2D eigenvalue weighted by Crippen LogP contribution is 2.19. The van der Waals surface area contributed by atoms with Gasteiger partial charge < -0.3 is 10.6 Å². The monoisotopic (exact) mass is 315 g/mol. The van der Waals surface area contributed by atoms with Crippen LogP contribution < -0.4 is 10.6 Å². The molecule has 2 aromatic carbocycles. The number of hydrogen-bond acceptors (Lipinski definition) is 5. The largest absolute Gasteiger partial charge is 0.339 e. The second-order valence-electron chi connectivity index (χ2n) is 4.40. The third kappa shape index (κ3) is 3.48. The van der Waals surface area contributed by atoms with E-state index in [-0.39, 0.29) is 17.5 Å². The molecule has 110 valence electrons. The van der Waals surface area contributed by atoms with E-state index in [1.165, 1.54) is 12.3 Å². The highest BCUT2D eigenvalue weighted by molar-refractivity contribution is 6.30. The lowest BCUT2D eigenvalue weighted by Gasteiger charge is -2.08. The predicted octanol–water partition coefficient (Wildman–Crippen LogP) is 4.15. The average molecular weight is 316 g/mol. The van der Waals surface area contributed by atoms with Crippen LogP contribution in [0.3, 0.4) is 0 Å². The van der Waals surface area contributed by atoms with Crippen molar-refractivity contribution in [3.8, 4) is 0 Å². The van der Waals surface area contributed by atoms with Gasteiger partial charge in [0.2, 0.25) is 5.95 Å². The van der Waals surface area contributed by atoms with Crippen LogP contribution >= 0.6 is 11.6 Å². The Labute approximate surface area is 131 Å². The number of benzene rings is 2. The van der Waals surface area contributed by atoms with Crippen molar-refractivity contribution in [3.63, 3.8) is 0 Å². The maximum atomic E-state index is 13.6. The van der Waals surface area contributed by atoms with Crippen LogP contribution in [0.4, 0.5) is 27.5 Å². The number of rotatable bonds is 4. The molecule has 1 aromatic heterocycles. The fraction of sp³-hybridized carbons (Fsp3) is 0. The van der Waals surface area contributed by atoms with Gasteiger partial charge in [0.25, 0.3) is 0 Å². The van der Waals surface area contributed by atoms with Crippen LogP contribution in [0.2, 0.25) is 5.02 Å². The number of hydrogen-bond donors (Lipinski definition) is 2. The molecular weight excluding hydrogens is 305 g/mol. The summed E-state index contributed by atoms with van der Waals surface area (Å²) in [7, 11) is 0. The van der Waals surface area contributed by atoms with Crippen LogP contribution in [0.5, 0.6) is 0 Å². The summed E-state index contributed by atoms with van der Waals surface area (Å²) in [6.07, 6.45) is 1.47. The van der Waals surface area contributed by atoms with Crippen molar-refractivity contribution in [2.45, 2.75) is 0 Å². The Morgan fingerprint density at radius 2 is 1.73 bits per heavy atom. The third-order valence-electron chi connectivity index (χ3n) is 2.80. The molecule has 0 atom stereocenters. The number of aromatic nitrogens is 3. The Balaban J connectivity index is 1.78. The zero-order valence-corrected chi connectivity index (χ0v) is 12.0. The van der Waals surface area contributed by atoms with Crippen molar-refractivity contribution in [3.05, 3.63) is 65.6 Å². The molecule has 5 nitrogen and oxygen atoms in total. The summed E-state index contributed by atoms with van der Waals surface area (Å²) >= 11 is 5.83. The summed E-state index contributed by atoms with van der Waals surface area (Å²) in [5.41, 5.74) is 1.09. The van der Waals surface area contributed by atoms with Gasteiger partial charge in [-0.1, -0.05) is 23.7 Å². The molecule has 0 saturated heterocycles. The van der Waals surface area contributed by atoms with Crippen LogP contribution in [-0.2, 0) is 0 Å². The van der Waals surface area contributed by atoms with E-state index in [9.17, 15) is 4.39 Å². The zero-order chi connectivity index (χ0) is 15.4. The molecule has 0 fully saturated rings. The standard InChI is InChI=1S/C15H11ClFN5/c16-10-5-7-11(8-6-10)19-14-9-18-22-15(21-14)20-13-4-2-1-3-12(13)17/h1-9H,(H2,19,20,21,22). The van der Waals surface area contributed by atoms with Gasteiger partial charge in [-0.25, -0.2) is 4.39 Å². The van der Waals surface area contributed by atoms with Gasteiger partial charge in [-0.3, -0.25) is 0 Å². The summed E-state index contributed by atoms with van der Waals surface area (Å²) in [6.45, 7) is 0. The highest BCUT2D eigenvalue weighted by atomic mass is 35.5. The van der Waals surface area contributed by atoms with Crippen LogP contribution in [-0.4, -0.2) is 15.2 Å². The molecule has 0 aliphatic rings. The van der Waals surface area contributed by atoms with E-state index in [0.29, 0.717) is 10.8 Å². The van der Waals surface area contributed by atoms with Gasteiger partial charge >= 0.3 is 0 Å². The Morgan fingerprint density at radius 3 is 2.50 bits per heavy atom. The molecular formula is C15H11ClFN5. The summed E-state index contributed by atoms with van der Waals surface area (Å²) in [4.78, 5) is 4.23. The summed E-state index contributed by atoms with van der Waals surface area (Å²) in [6, 6.07) is 13.4. The fourth-order valence-corrected chi connectivity index (χ4v) is 1.91. The maximum absolute atomic E-state index is 13.6. The van der Waals surface area contributed by atoms with Gasteiger partial charge in [0.05, 0.1) is 11.9 Å². The third-order valence-corrected chi connectivity index (χ3v) is 3.05. The maximum Gasteiger partial charge on any atom is 0.249 e. The second kappa shape index (κ2) is 6.36. The van der Waals surface area contributed by atoms with Crippen LogP contribution in [0.1, 0.15) is 0 Å². The Hall–Kier alpha value is -2.73. The smallest absolute Gasteiger partial charge is 0.249 e.